The van der Waals surface area contributed by atoms with Gasteiger partial charge in [-0.1, -0.05) is 38.1 Å². The Labute approximate surface area is 114 Å². The zero-order valence-corrected chi connectivity index (χ0v) is 11.6. The van der Waals surface area contributed by atoms with Crippen molar-refractivity contribution in [3.63, 3.8) is 0 Å². The lowest BCUT2D eigenvalue weighted by molar-refractivity contribution is 0.0924. The molecule has 0 saturated carbocycles. The van der Waals surface area contributed by atoms with Crippen molar-refractivity contribution >= 4 is 0 Å². The van der Waals surface area contributed by atoms with Crippen LogP contribution in [0.3, 0.4) is 0 Å². The first kappa shape index (κ1) is 13.8. The lowest BCUT2D eigenvalue weighted by atomic mass is 10.1. The van der Waals surface area contributed by atoms with Crippen LogP contribution in [0.25, 0.3) is 0 Å². The van der Waals surface area contributed by atoms with Gasteiger partial charge in [-0.3, -0.25) is 0 Å². The number of furan rings is 1. The zero-order valence-electron chi connectivity index (χ0n) is 11.6. The first-order valence-corrected chi connectivity index (χ1v) is 6.66. The number of ether oxygens (including phenoxy) is 1. The Balaban J connectivity index is 1.88. The van der Waals surface area contributed by atoms with Gasteiger partial charge in [0.05, 0.1) is 12.9 Å². The molecule has 0 bridgehead atoms. The minimum Gasteiger partial charge on any atom is -0.467 e. The Bertz CT molecular complexity index is 477. The van der Waals surface area contributed by atoms with Crippen LogP contribution in [0.4, 0.5) is 0 Å². The van der Waals surface area contributed by atoms with Crippen molar-refractivity contribution in [1.82, 2.24) is 5.32 Å². The summed E-state index contributed by atoms with van der Waals surface area (Å²) in [4.78, 5) is 0. The highest BCUT2D eigenvalue weighted by atomic mass is 16.5. The average Bonchev–Trinajstić information content (AvgIpc) is 2.91. The monoisotopic (exact) mass is 259 g/mol. The first-order valence-electron chi connectivity index (χ1n) is 6.66. The van der Waals surface area contributed by atoms with E-state index < -0.39 is 0 Å². The topological polar surface area (TPSA) is 34.4 Å². The number of nitrogens with one attached hydrogen (secondary N) is 1. The summed E-state index contributed by atoms with van der Waals surface area (Å²) in [5.74, 6) is 0.859. The van der Waals surface area contributed by atoms with Gasteiger partial charge in [0.2, 0.25) is 0 Å². The van der Waals surface area contributed by atoms with Gasteiger partial charge in [-0.2, -0.15) is 0 Å². The molecular formula is C16H21NO2. The second-order valence-corrected chi connectivity index (χ2v) is 4.88. The fraction of sp³-hybridized carbons (Fsp3) is 0.375. The zero-order chi connectivity index (χ0) is 13.5. The van der Waals surface area contributed by atoms with E-state index in [1.807, 2.05) is 18.2 Å². The van der Waals surface area contributed by atoms with E-state index in [2.05, 4.69) is 37.4 Å². The highest BCUT2D eigenvalue weighted by Crippen LogP contribution is 2.12. The summed E-state index contributed by atoms with van der Waals surface area (Å²) >= 11 is 0. The molecule has 3 nitrogen and oxygen atoms in total. The van der Waals surface area contributed by atoms with Gasteiger partial charge in [0.1, 0.15) is 12.4 Å². The van der Waals surface area contributed by atoms with Crippen molar-refractivity contribution < 1.29 is 9.15 Å². The van der Waals surface area contributed by atoms with Gasteiger partial charge < -0.3 is 14.5 Å². The Hall–Kier alpha value is -1.58. The molecule has 102 valence electrons. The fourth-order valence-electron chi connectivity index (χ4n) is 1.84. The molecule has 1 aromatic carbocycles. The molecule has 0 spiro atoms. The number of hydrogen-bond acceptors (Lipinski definition) is 3. The van der Waals surface area contributed by atoms with Gasteiger partial charge in [-0.15, -0.1) is 0 Å². The summed E-state index contributed by atoms with van der Waals surface area (Å²) in [5, 5.41) is 3.43. The van der Waals surface area contributed by atoms with Gasteiger partial charge >= 0.3 is 0 Å². The number of benzene rings is 1. The van der Waals surface area contributed by atoms with Crippen LogP contribution >= 0.6 is 0 Å². The van der Waals surface area contributed by atoms with E-state index in [0.717, 1.165) is 12.3 Å². The van der Waals surface area contributed by atoms with Crippen molar-refractivity contribution in [1.29, 1.82) is 0 Å². The molecule has 0 aliphatic rings. The van der Waals surface area contributed by atoms with Gasteiger partial charge in [0.25, 0.3) is 0 Å². The molecule has 0 aliphatic carbocycles. The van der Waals surface area contributed by atoms with Crippen molar-refractivity contribution in [3.8, 4) is 0 Å². The molecule has 0 unspecified atom stereocenters. The third-order valence-electron chi connectivity index (χ3n) is 2.90. The van der Waals surface area contributed by atoms with Crippen LogP contribution in [-0.2, 0) is 24.5 Å². The lowest BCUT2D eigenvalue weighted by Crippen LogP contribution is -2.22. The molecular weight excluding hydrogens is 238 g/mol. The molecule has 0 aliphatic heterocycles. The SMILES string of the molecule is CC(C)NCc1ccccc1COCc1ccco1. The van der Waals surface area contributed by atoms with Crippen LogP contribution in [0, 0.1) is 0 Å². The van der Waals surface area contributed by atoms with E-state index in [-0.39, 0.29) is 0 Å². The molecule has 2 aromatic rings. The van der Waals surface area contributed by atoms with Crippen LogP contribution in [0.1, 0.15) is 30.7 Å². The Morgan fingerprint density at radius 3 is 2.53 bits per heavy atom. The molecule has 0 atom stereocenters. The predicted molar refractivity (Wildman–Crippen MR) is 75.6 cm³/mol. The van der Waals surface area contributed by atoms with E-state index in [4.69, 9.17) is 9.15 Å². The average molecular weight is 259 g/mol. The lowest BCUT2D eigenvalue weighted by Gasteiger charge is -2.12. The molecule has 1 N–H and O–H groups in total. The van der Waals surface area contributed by atoms with Crippen molar-refractivity contribution in [3.05, 3.63) is 59.5 Å². The molecule has 0 amide bonds. The van der Waals surface area contributed by atoms with Gasteiger partial charge in [0.15, 0.2) is 0 Å². The highest BCUT2D eigenvalue weighted by Gasteiger charge is 2.03. The Kier molecular flexibility index (Phi) is 5.19. The molecule has 0 fully saturated rings. The quantitative estimate of drug-likeness (QED) is 0.826. The van der Waals surface area contributed by atoms with E-state index >= 15 is 0 Å². The summed E-state index contributed by atoms with van der Waals surface area (Å²) in [7, 11) is 0. The van der Waals surface area contributed by atoms with Crippen LogP contribution in [0.2, 0.25) is 0 Å². The molecule has 1 aromatic heterocycles. The molecule has 1 heterocycles. The molecule has 2 rings (SSSR count). The van der Waals surface area contributed by atoms with Gasteiger partial charge in [-0.25, -0.2) is 0 Å². The van der Waals surface area contributed by atoms with Crippen LogP contribution in [-0.4, -0.2) is 6.04 Å². The summed E-state index contributed by atoms with van der Waals surface area (Å²) in [6, 6.07) is 12.6. The third kappa shape index (κ3) is 4.54. The smallest absolute Gasteiger partial charge is 0.129 e. The second-order valence-electron chi connectivity index (χ2n) is 4.88. The first-order chi connectivity index (χ1) is 9.25. The summed E-state index contributed by atoms with van der Waals surface area (Å²) in [5.41, 5.74) is 2.51. The van der Waals surface area contributed by atoms with Crippen molar-refractivity contribution in [2.24, 2.45) is 0 Å². The minimum absolute atomic E-state index is 0.483. The predicted octanol–water partition coefficient (Wildman–Crippen LogP) is 3.49. The number of rotatable bonds is 7. The maximum absolute atomic E-state index is 5.69. The van der Waals surface area contributed by atoms with Crippen LogP contribution < -0.4 is 5.32 Å². The summed E-state index contributed by atoms with van der Waals surface area (Å²) in [6.45, 7) is 6.29. The standard InChI is InChI=1S/C16H21NO2/c1-13(2)17-10-14-6-3-4-7-15(14)11-18-12-16-8-5-9-19-16/h3-9,13,17H,10-12H2,1-2H3. The van der Waals surface area contributed by atoms with Gasteiger partial charge in [0, 0.05) is 12.6 Å². The largest absolute Gasteiger partial charge is 0.467 e. The summed E-state index contributed by atoms with van der Waals surface area (Å²) < 4.78 is 10.9. The molecule has 19 heavy (non-hydrogen) atoms. The normalized spacial score (nSPS) is 11.1. The van der Waals surface area contributed by atoms with E-state index in [9.17, 15) is 0 Å². The minimum atomic E-state index is 0.483. The summed E-state index contributed by atoms with van der Waals surface area (Å²) in [6.07, 6.45) is 1.67. The van der Waals surface area contributed by atoms with Crippen molar-refractivity contribution in [2.75, 3.05) is 0 Å². The molecule has 0 saturated heterocycles. The Morgan fingerprint density at radius 2 is 1.84 bits per heavy atom. The highest BCUT2D eigenvalue weighted by molar-refractivity contribution is 5.26. The van der Waals surface area contributed by atoms with Crippen LogP contribution in [0.5, 0.6) is 0 Å². The maximum atomic E-state index is 5.69. The fourth-order valence-corrected chi connectivity index (χ4v) is 1.84. The second kappa shape index (κ2) is 7.12. The van der Waals surface area contributed by atoms with E-state index in [1.54, 1.807) is 6.26 Å². The maximum Gasteiger partial charge on any atom is 0.129 e. The van der Waals surface area contributed by atoms with E-state index in [1.165, 1.54) is 11.1 Å². The van der Waals surface area contributed by atoms with Gasteiger partial charge in [-0.05, 0) is 23.3 Å². The van der Waals surface area contributed by atoms with Crippen molar-refractivity contribution in [2.45, 2.75) is 39.6 Å². The Morgan fingerprint density at radius 1 is 1.05 bits per heavy atom. The third-order valence-corrected chi connectivity index (χ3v) is 2.90. The number of hydrogen-bond donors (Lipinski definition) is 1. The van der Waals surface area contributed by atoms with Crippen LogP contribution in [0.15, 0.2) is 47.1 Å². The molecule has 3 heteroatoms. The molecule has 0 radical (unpaired) electrons. The van der Waals surface area contributed by atoms with E-state index in [0.29, 0.717) is 19.3 Å².